The van der Waals surface area contributed by atoms with Gasteiger partial charge in [0.25, 0.3) is 0 Å². The number of unbranched alkanes of at least 4 members (excludes halogenated alkanes) is 1. The molecule has 142 valence electrons. The normalized spacial score (nSPS) is 28.2. The molecule has 9 heteroatoms. The highest BCUT2D eigenvalue weighted by atomic mass is 16.7. The molecule has 1 fully saturated rings. The van der Waals surface area contributed by atoms with Crippen molar-refractivity contribution < 1.29 is 29.2 Å². The molecule has 0 spiro atoms. The number of benzene rings is 1. The summed E-state index contributed by atoms with van der Waals surface area (Å²) in [6.45, 7) is 1.81. The molecule has 0 aliphatic carbocycles. The van der Waals surface area contributed by atoms with E-state index in [-0.39, 0.29) is 0 Å². The smallest absolute Gasteiger partial charge is 0.340 e. The summed E-state index contributed by atoms with van der Waals surface area (Å²) in [5.41, 5.74) is 9.16. The van der Waals surface area contributed by atoms with Gasteiger partial charge in [-0.15, -0.1) is 0 Å². The highest BCUT2D eigenvalue weighted by Crippen LogP contribution is 2.28. The molecule has 0 aromatic heterocycles. The second-order valence-corrected chi connectivity index (χ2v) is 5.87. The lowest BCUT2D eigenvalue weighted by atomic mass is 9.97. The van der Waals surface area contributed by atoms with Crippen molar-refractivity contribution in [2.45, 2.75) is 50.4 Å². The maximum Gasteiger partial charge on any atom is 0.340 e. The molecular formula is C17H23N3O6. The van der Waals surface area contributed by atoms with Crippen LogP contribution >= 0.6 is 0 Å². The van der Waals surface area contributed by atoms with Crippen molar-refractivity contribution in [2.24, 2.45) is 5.11 Å². The van der Waals surface area contributed by atoms with Crippen LogP contribution in [-0.4, -0.2) is 60.0 Å². The van der Waals surface area contributed by atoms with Crippen molar-refractivity contribution in [3.8, 4) is 0 Å². The predicted octanol–water partition coefficient (Wildman–Crippen LogP) is 1.79. The largest absolute Gasteiger partial charge is 0.432 e. The van der Waals surface area contributed by atoms with Gasteiger partial charge in [-0.25, -0.2) is 4.79 Å². The maximum absolute atomic E-state index is 12.3. The number of aliphatic hydroxyl groups excluding tert-OH is 2. The van der Waals surface area contributed by atoms with E-state index in [9.17, 15) is 15.0 Å². The molecule has 1 aliphatic rings. The lowest BCUT2D eigenvalue weighted by Gasteiger charge is -2.41. The van der Waals surface area contributed by atoms with Crippen molar-refractivity contribution in [1.82, 2.24) is 0 Å². The van der Waals surface area contributed by atoms with E-state index >= 15 is 0 Å². The highest BCUT2D eigenvalue weighted by molar-refractivity contribution is 5.89. The Morgan fingerprint density at radius 1 is 1.38 bits per heavy atom. The number of carbonyl (C=O) groups excluding carboxylic acids is 1. The fourth-order valence-corrected chi connectivity index (χ4v) is 2.64. The fourth-order valence-electron chi connectivity index (χ4n) is 2.64. The van der Waals surface area contributed by atoms with E-state index in [0.29, 0.717) is 12.2 Å². The second-order valence-electron chi connectivity index (χ2n) is 5.87. The van der Waals surface area contributed by atoms with Crippen LogP contribution in [0.1, 0.15) is 30.1 Å². The molecule has 9 nitrogen and oxygen atoms in total. The van der Waals surface area contributed by atoms with Gasteiger partial charge in [0.05, 0.1) is 12.2 Å². The number of aliphatic hydroxyl groups is 2. The standard InChI is InChI=1S/C17H23N3O6/c1-2-3-9-24-15-13(19-20-18)17(25-12(10-21)14(15)22)26-16(23)11-7-5-4-6-8-11/h4-8,12-15,17,21-22H,2-3,9-10H2,1H3. The summed E-state index contributed by atoms with van der Waals surface area (Å²) >= 11 is 0. The molecule has 0 amide bonds. The molecule has 1 aromatic rings. The summed E-state index contributed by atoms with van der Waals surface area (Å²) in [4.78, 5) is 15.1. The summed E-state index contributed by atoms with van der Waals surface area (Å²) in [5, 5.41) is 23.4. The minimum absolute atomic E-state index is 0.297. The molecule has 1 aromatic carbocycles. The minimum Gasteiger partial charge on any atom is -0.432 e. The van der Waals surface area contributed by atoms with E-state index in [1.165, 1.54) is 0 Å². The van der Waals surface area contributed by atoms with Gasteiger partial charge < -0.3 is 24.4 Å². The number of nitrogens with zero attached hydrogens (tertiary/aromatic N) is 3. The second kappa shape index (κ2) is 10.1. The summed E-state index contributed by atoms with van der Waals surface area (Å²) in [6, 6.07) is 7.18. The quantitative estimate of drug-likeness (QED) is 0.237. The first kappa shape index (κ1) is 20.2. The fraction of sp³-hybridized carbons (Fsp3) is 0.588. The molecule has 26 heavy (non-hydrogen) atoms. The third-order valence-electron chi connectivity index (χ3n) is 4.05. The molecule has 2 rings (SSSR count). The van der Waals surface area contributed by atoms with Gasteiger partial charge >= 0.3 is 5.97 Å². The van der Waals surface area contributed by atoms with Gasteiger partial charge in [0.15, 0.2) is 0 Å². The number of azide groups is 1. The number of hydrogen-bond donors (Lipinski definition) is 2. The van der Waals surface area contributed by atoms with Crippen LogP contribution in [0.4, 0.5) is 0 Å². The Morgan fingerprint density at radius 3 is 2.73 bits per heavy atom. The van der Waals surface area contributed by atoms with Gasteiger partial charge in [-0.05, 0) is 24.1 Å². The van der Waals surface area contributed by atoms with Crippen molar-refractivity contribution in [2.75, 3.05) is 13.2 Å². The summed E-state index contributed by atoms with van der Waals surface area (Å²) in [5.74, 6) is -0.672. The van der Waals surface area contributed by atoms with Crippen LogP contribution in [0, 0.1) is 0 Å². The molecular weight excluding hydrogens is 342 g/mol. The van der Waals surface area contributed by atoms with Crippen LogP contribution in [0.15, 0.2) is 35.4 Å². The van der Waals surface area contributed by atoms with Gasteiger partial charge in [-0.3, -0.25) is 0 Å². The monoisotopic (exact) mass is 365 g/mol. The van der Waals surface area contributed by atoms with Crippen LogP contribution in [0.25, 0.3) is 10.4 Å². The van der Waals surface area contributed by atoms with Gasteiger partial charge in [0.2, 0.25) is 6.29 Å². The zero-order valence-corrected chi connectivity index (χ0v) is 14.5. The van der Waals surface area contributed by atoms with E-state index in [0.717, 1.165) is 12.8 Å². The Kier molecular flexibility index (Phi) is 7.83. The summed E-state index contributed by atoms with van der Waals surface area (Å²) in [6.07, 6.45) is -2.88. The Balaban J connectivity index is 2.20. The van der Waals surface area contributed by atoms with Gasteiger partial charge in [0, 0.05) is 11.5 Å². The van der Waals surface area contributed by atoms with Crippen molar-refractivity contribution in [1.29, 1.82) is 0 Å². The molecule has 5 unspecified atom stereocenters. The van der Waals surface area contributed by atoms with Gasteiger partial charge in [-0.1, -0.05) is 36.7 Å². The molecule has 0 saturated carbocycles. The van der Waals surface area contributed by atoms with Crippen LogP contribution < -0.4 is 0 Å². The van der Waals surface area contributed by atoms with Crippen LogP contribution in [-0.2, 0) is 14.2 Å². The van der Waals surface area contributed by atoms with Gasteiger partial charge in [-0.2, -0.15) is 0 Å². The van der Waals surface area contributed by atoms with Crippen LogP contribution in [0.2, 0.25) is 0 Å². The molecule has 5 atom stereocenters. The van der Waals surface area contributed by atoms with Gasteiger partial charge in [0.1, 0.15) is 24.4 Å². The number of carbonyl (C=O) groups is 1. The summed E-state index contributed by atoms with van der Waals surface area (Å²) in [7, 11) is 0. The Morgan fingerprint density at radius 2 is 2.12 bits per heavy atom. The lowest BCUT2D eigenvalue weighted by Crippen LogP contribution is -2.59. The third kappa shape index (κ3) is 4.94. The molecule has 0 bridgehead atoms. The Bertz CT molecular complexity index is 622. The lowest BCUT2D eigenvalue weighted by molar-refractivity contribution is -0.256. The first-order chi connectivity index (χ1) is 12.6. The molecule has 1 heterocycles. The van der Waals surface area contributed by atoms with Crippen molar-refractivity contribution in [3.63, 3.8) is 0 Å². The minimum atomic E-state index is -1.29. The summed E-state index contributed by atoms with van der Waals surface area (Å²) < 4.78 is 16.4. The van der Waals surface area contributed by atoms with E-state index in [4.69, 9.17) is 19.7 Å². The number of hydrogen-bond acceptors (Lipinski definition) is 7. The highest BCUT2D eigenvalue weighted by Gasteiger charge is 2.47. The van der Waals surface area contributed by atoms with E-state index in [1.54, 1.807) is 30.3 Å². The number of rotatable bonds is 8. The third-order valence-corrected chi connectivity index (χ3v) is 4.05. The maximum atomic E-state index is 12.3. The first-order valence-electron chi connectivity index (χ1n) is 8.48. The predicted molar refractivity (Wildman–Crippen MR) is 91.2 cm³/mol. The molecule has 0 radical (unpaired) electrons. The van der Waals surface area contributed by atoms with E-state index in [1.807, 2.05) is 6.92 Å². The van der Waals surface area contributed by atoms with Crippen molar-refractivity contribution in [3.05, 3.63) is 46.3 Å². The van der Waals surface area contributed by atoms with E-state index in [2.05, 4.69) is 10.0 Å². The van der Waals surface area contributed by atoms with Crippen LogP contribution in [0.5, 0.6) is 0 Å². The molecule has 1 aliphatic heterocycles. The first-order valence-corrected chi connectivity index (χ1v) is 8.48. The zero-order valence-electron chi connectivity index (χ0n) is 14.5. The Labute approximate surface area is 151 Å². The van der Waals surface area contributed by atoms with Crippen LogP contribution in [0.3, 0.4) is 0 Å². The zero-order chi connectivity index (χ0) is 18.9. The van der Waals surface area contributed by atoms with Crippen molar-refractivity contribution >= 4 is 5.97 Å². The SMILES string of the molecule is CCCCOC1C(O)C(CO)OC(OC(=O)c2ccccc2)C1N=[N+]=[N-]. The average Bonchev–Trinajstić information content (AvgIpc) is 2.66. The number of ether oxygens (including phenoxy) is 3. The Hall–Kier alpha value is -2.16. The molecule has 2 N–H and O–H groups in total. The van der Waals surface area contributed by atoms with E-state index < -0.39 is 43.2 Å². The topological polar surface area (TPSA) is 134 Å². The molecule has 1 saturated heterocycles. The number of esters is 1. The average molecular weight is 365 g/mol.